The first kappa shape index (κ1) is 15.9. The molecule has 0 spiro atoms. The van der Waals surface area contributed by atoms with Crippen LogP contribution in [0.25, 0.3) is 0 Å². The van der Waals surface area contributed by atoms with Gasteiger partial charge < -0.3 is 5.32 Å². The first-order chi connectivity index (χ1) is 9.77. The molecule has 0 heterocycles. The fourth-order valence-corrected chi connectivity index (χ4v) is 2.30. The predicted octanol–water partition coefficient (Wildman–Crippen LogP) is 5.76. The Bertz CT molecular complexity index is 636. The van der Waals surface area contributed by atoms with Gasteiger partial charge in [0.15, 0.2) is 0 Å². The van der Waals surface area contributed by atoms with Gasteiger partial charge in [-0.15, -0.1) is 0 Å². The van der Waals surface area contributed by atoms with Gasteiger partial charge >= 0.3 is 6.18 Å². The maximum absolute atomic E-state index is 13.3. The Kier molecular flexibility index (Phi) is 4.64. The van der Waals surface area contributed by atoms with Crippen LogP contribution in [-0.2, 0) is 12.7 Å². The topological polar surface area (TPSA) is 12.0 Å². The van der Waals surface area contributed by atoms with Gasteiger partial charge in [-0.25, -0.2) is 4.39 Å². The minimum Gasteiger partial charge on any atom is -0.379 e. The summed E-state index contributed by atoms with van der Waals surface area (Å²) in [6, 6.07) is 7.16. The Morgan fingerprint density at radius 2 is 1.62 bits per heavy atom. The molecule has 0 bridgehead atoms. The van der Waals surface area contributed by atoms with E-state index in [1.54, 1.807) is 18.2 Å². The van der Waals surface area contributed by atoms with E-state index in [1.807, 2.05) is 0 Å². The number of para-hydroxylation sites is 1. The van der Waals surface area contributed by atoms with E-state index in [0.717, 1.165) is 12.1 Å². The third-order valence-corrected chi connectivity index (χ3v) is 3.35. The maximum atomic E-state index is 13.3. The van der Waals surface area contributed by atoms with Crippen molar-refractivity contribution in [3.05, 3.63) is 63.4 Å². The van der Waals surface area contributed by atoms with Crippen LogP contribution in [0, 0.1) is 5.82 Å². The van der Waals surface area contributed by atoms with E-state index in [-0.39, 0.29) is 12.1 Å². The third kappa shape index (κ3) is 4.02. The van der Waals surface area contributed by atoms with Crippen LogP contribution >= 0.6 is 23.2 Å². The molecule has 0 fully saturated rings. The van der Waals surface area contributed by atoms with Crippen LogP contribution in [0.3, 0.4) is 0 Å². The molecule has 0 radical (unpaired) electrons. The summed E-state index contributed by atoms with van der Waals surface area (Å²) in [6.07, 6.45) is -4.60. The Morgan fingerprint density at radius 3 is 2.19 bits per heavy atom. The van der Waals surface area contributed by atoms with Crippen molar-refractivity contribution in [1.29, 1.82) is 0 Å². The summed E-state index contributed by atoms with van der Waals surface area (Å²) in [4.78, 5) is 0. The fraction of sp³-hybridized carbons (Fsp3) is 0.143. The van der Waals surface area contributed by atoms with Gasteiger partial charge in [0.2, 0.25) is 0 Å². The zero-order chi connectivity index (χ0) is 15.6. The SMILES string of the molecule is Fc1cc(CNc2c(Cl)cccc2Cl)cc(C(F)(F)F)c1. The molecular weight excluding hydrogens is 329 g/mol. The van der Waals surface area contributed by atoms with E-state index in [2.05, 4.69) is 5.32 Å². The summed E-state index contributed by atoms with van der Waals surface area (Å²) < 4.78 is 51.1. The first-order valence-corrected chi connectivity index (χ1v) is 6.57. The molecule has 0 amide bonds. The van der Waals surface area contributed by atoms with Gasteiger partial charge in [-0.1, -0.05) is 29.3 Å². The molecule has 2 aromatic carbocycles. The molecule has 1 nitrogen and oxygen atoms in total. The molecule has 2 aromatic rings. The standard InChI is InChI=1S/C14H9Cl2F4N/c15-11-2-1-3-12(16)13(11)21-7-8-4-9(14(18,19)20)6-10(17)5-8/h1-6,21H,7H2. The van der Waals surface area contributed by atoms with Crippen LogP contribution in [0.1, 0.15) is 11.1 Å². The average molecular weight is 338 g/mol. The summed E-state index contributed by atoms with van der Waals surface area (Å²) in [7, 11) is 0. The highest BCUT2D eigenvalue weighted by Crippen LogP contribution is 2.32. The lowest BCUT2D eigenvalue weighted by molar-refractivity contribution is -0.137. The van der Waals surface area contributed by atoms with Crippen molar-refractivity contribution in [2.45, 2.75) is 12.7 Å². The summed E-state index contributed by atoms with van der Waals surface area (Å²) in [5, 5.41) is 3.46. The lowest BCUT2D eigenvalue weighted by Crippen LogP contribution is -2.08. The Labute approximate surface area is 128 Å². The quantitative estimate of drug-likeness (QED) is 0.701. The zero-order valence-electron chi connectivity index (χ0n) is 10.4. The van der Waals surface area contributed by atoms with E-state index in [4.69, 9.17) is 23.2 Å². The van der Waals surface area contributed by atoms with Crippen molar-refractivity contribution in [3.63, 3.8) is 0 Å². The number of anilines is 1. The molecule has 0 aliphatic rings. The van der Waals surface area contributed by atoms with Gasteiger partial charge in [0.25, 0.3) is 0 Å². The first-order valence-electron chi connectivity index (χ1n) is 5.82. The lowest BCUT2D eigenvalue weighted by Gasteiger charge is -2.12. The highest BCUT2D eigenvalue weighted by Gasteiger charge is 2.31. The normalized spacial score (nSPS) is 11.5. The Balaban J connectivity index is 2.23. The molecule has 7 heteroatoms. The molecule has 0 aliphatic carbocycles. The van der Waals surface area contributed by atoms with Crippen LogP contribution < -0.4 is 5.32 Å². The van der Waals surface area contributed by atoms with E-state index >= 15 is 0 Å². The van der Waals surface area contributed by atoms with Gasteiger partial charge in [-0.05, 0) is 35.9 Å². The monoisotopic (exact) mass is 337 g/mol. The second-order valence-electron chi connectivity index (χ2n) is 4.30. The Morgan fingerprint density at radius 1 is 1.00 bits per heavy atom. The molecule has 0 aromatic heterocycles. The van der Waals surface area contributed by atoms with Crippen LogP contribution in [0.2, 0.25) is 10.0 Å². The van der Waals surface area contributed by atoms with E-state index in [1.165, 1.54) is 0 Å². The minimum absolute atomic E-state index is 0.0374. The van der Waals surface area contributed by atoms with Crippen molar-refractivity contribution < 1.29 is 17.6 Å². The third-order valence-electron chi connectivity index (χ3n) is 2.72. The number of hydrogen-bond acceptors (Lipinski definition) is 1. The van der Waals surface area contributed by atoms with Crippen molar-refractivity contribution >= 4 is 28.9 Å². The number of nitrogens with one attached hydrogen (secondary N) is 1. The van der Waals surface area contributed by atoms with Gasteiger partial charge in [0.1, 0.15) is 5.82 Å². The van der Waals surface area contributed by atoms with Crippen molar-refractivity contribution in [3.8, 4) is 0 Å². The average Bonchev–Trinajstić information content (AvgIpc) is 2.36. The molecule has 112 valence electrons. The minimum atomic E-state index is -4.60. The fourth-order valence-electron chi connectivity index (χ4n) is 1.77. The summed E-state index contributed by atoms with van der Waals surface area (Å²) in [6.45, 7) is -0.0374. The van der Waals surface area contributed by atoms with Crippen LogP contribution in [0.4, 0.5) is 23.2 Å². The van der Waals surface area contributed by atoms with E-state index in [0.29, 0.717) is 21.8 Å². The number of benzene rings is 2. The van der Waals surface area contributed by atoms with Gasteiger partial charge in [0.05, 0.1) is 21.3 Å². The highest BCUT2D eigenvalue weighted by molar-refractivity contribution is 6.39. The van der Waals surface area contributed by atoms with Crippen molar-refractivity contribution in [1.82, 2.24) is 0 Å². The molecule has 0 saturated carbocycles. The van der Waals surface area contributed by atoms with Crippen LogP contribution in [-0.4, -0.2) is 0 Å². The Hall–Kier alpha value is -1.46. The number of alkyl halides is 3. The van der Waals surface area contributed by atoms with Crippen LogP contribution in [0.15, 0.2) is 36.4 Å². The van der Waals surface area contributed by atoms with Gasteiger partial charge in [-0.3, -0.25) is 0 Å². The second kappa shape index (κ2) is 6.12. The zero-order valence-corrected chi connectivity index (χ0v) is 12.0. The molecule has 0 saturated heterocycles. The molecule has 2 rings (SSSR count). The maximum Gasteiger partial charge on any atom is 0.416 e. The molecule has 21 heavy (non-hydrogen) atoms. The van der Waals surface area contributed by atoms with Crippen molar-refractivity contribution in [2.75, 3.05) is 5.32 Å². The van der Waals surface area contributed by atoms with E-state index in [9.17, 15) is 17.6 Å². The highest BCUT2D eigenvalue weighted by atomic mass is 35.5. The number of hydrogen-bond donors (Lipinski definition) is 1. The molecule has 0 unspecified atom stereocenters. The van der Waals surface area contributed by atoms with Gasteiger partial charge in [-0.2, -0.15) is 13.2 Å². The smallest absolute Gasteiger partial charge is 0.379 e. The molecule has 0 aliphatic heterocycles. The van der Waals surface area contributed by atoms with Gasteiger partial charge in [0, 0.05) is 6.54 Å². The largest absolute Gasteiger partial charge is 0.416 e. The summed E-state index contributed by atoms with van der Waals surface area (Å²) in [5.41, 5.74) is -0.512. The number of halogens is 6. The second-order valence-corrected chi connectivity index (χ2v) is 5.11. The summed E-state index contributed by atoms with van der Waals surface area (Å²) >= 11 is 11.9. The lowest BCUT2D eigenvalue weighted by atomic mass is 10.1. The van der Waals surface area contributed by atoms with Crippen molar-refractivity contribution in [2.24, 2.45) is 0 Å². The molecule has 1 N–H and O–H groups in total. The van der Waals surface area contributed by atoms with Crippen LogP contribution in [0.5, 0.6) is 0 Å². The molecule has 0 atom stereocenters. The summed E-state index contributed by atoms with van der Waals surface area (Å²) in [5.74, 6) is -0.952. The molecular formula is C14H9Cl2F4N. The number of rotatable bonds is 3. The van der Waals surface area contributed by atoms with E-state index < -0.39 is 17.6 Å². The predicted molar refractivity (Wildman–Crippen MR) is 75.2 cm³/mol.